The lowest BCUT2D eigenvalue weighted by Crippen LogP contribution is -2.66. The first-order valence-electron chi connectivity index (χ1n) is 45.1. The van der Waals surface area contributed by atoms with E-state index in [0.717, 1.165) is 69.2 Å². The third-order valence-corrected chi connectivity index (χ3v) is 21.0. The van der Waals surface area contributed by atoms with E-state index in [1.165, 1.54) is 6.92 Å². The zero-order chi connectivity index (χ0) is 102. The molecule has 52 nitrogen and oxygen atoms in total. The van der Waals surface area contributed by atoms with E-state index in [1.54, 1.807) is 0 Å². The minimum atomic E-state index is -1.45. The van der Waals surface area contributed by atoms with Crippen LogP contribution in [0.15, 0.2) is 0 Å². The number of nitrogens with one attached hydrogen (secondary N) is 7. The average Bonchev–Trinajstić information content (AvgIpc) is 0.798. The molecule has 0 aromatic heterocycles. The number of carbonyl (C=O) groups excluding carboxylic acids is 16. The molecule has 18 unspecified atom stereocenters. The maximum atomic E-state index is 14.1. The molecule has 0 bridgehead atoms. The summed E-state index contributed by atoms with van der Waals surface area (Å²) in [7, 11) is -1.43. The van der Waals surface area contributed by atoms with Gasteiger partial charge in [-0.3, -0.25) is 76.7 Å². The fraction of sp³-hybridized carbons (Fsp3) is 0.800. The van der Waals surface area contributed by atoms with Crippen LogP contribution in [-0.4, -0.2) is 407 Å². The van der Waals surface area contributed by atoms with Crippen molar-refractivity contribution in [2.24, 2.45) is 5.73 Å². The van der Waals surface area contributed by atoms with Crippen LogP contribution in [-0.2, 0) is 199 Å². The topological polar surface area (TPSA) is 650 Å². The van der Waals surface area contributed by atoms with Crippen LogP contribution in [0.1, 0.15) is 136 Å². The zero-order valence-corrected chi connectivity index (χ0v) is 82.0. The maximum Gasteiger partial charge on any atom is 0.303 e. The van der Waals surface area contributed by atoms with Crippen molar-refractivity contribution in [3.63, 3.8) is 0 Å². The number of hydrogen-bond acceptors (Lipinski definition) is 45. The molecule has 3 fully saturated rings. The summed E-state index contributed by atoms with van der Waals surface area (Å²) in [5.41, 5.74) is 6.40. The summed E-state index contributed by atoms with van der Waals surface area (Å²) in [6.07, 6.45) is -17.9. The highest BCUT2D eigenvalue weighted by molar-refractivity contribution is 7.44. The summed E-state index contributed by atoms with van der Waals surface area (Å²) in [6.45, 7) is 19.6. The maximum absolute atomic E-state index is 14.1. The highest BCUT2D eigenvalue weighted by atomic mass is 31.2. The Morgan fingerprint density at radius 2 is 0.645 bits per heavy atom. The van der Waals surface area contributed by atoms with E-state index in [1.807, 2.05) is 33.8 Å². The molecule has 0 saturated carbocycles. The zero-order valence-electron chi connectivity index (χ0n) is 81.1. The van der Waals surface area contributed by atoms with Crippen molar-refractivity contribution in [2.45, 2.75) is 252 Å². The Bertz CT molecular complexity index is 3740. The first-order valence-corrected chi connectivity index (χ1v) is 46.2. The van der Waals surface area contributed by atoms with Crippen LogP contribution >= 0.6 is 8.53 Å². The van der Waals surface area contributed by atoms with Gasteiger partial charge in [0.25, 0.3) is 8.53 Å². The van der Waals surface area contributed by atoms with Crippen molar-refractivity contribution in [1.82, 2.24) is 41.9 Å². The van der Waals surface area contributed by atoms with Gasteiger partial charge in [-0.2, -0.15) is 5.26 Å². The number of ether oxygens (including phenoxy) is 24. The normalized spacial score (nSPS) is 21.8. The SMILES string of the molecule is CC(=O)NC1C(OCCOCCNC(=O)CCC(NC(=O)CCC(NC(=O)CCOCCOCCOCCOCCOCCOCCOP(OCC#N)N(C(C)C)C(C)C)C(=O)NCCOCCOC2OC(COC(C)=O)C(OC(C)=O)C(OC(C)=O)C2NC(C)=O)C(=O)NCCOCCOC2OC(COC(C)=O)C(OC(C)=O)C(OC(C)=O)C2N)OC(COC(C)=O)C(OC(C)=O)C1OC(C)=O. The summed E-state index contributed by atoms with van der Waals surface area (Å²) < 4.78 is 148. The Hall–Kier alpha value is -9.32. The van der Waals surface area contributed by atoms with Gasteiger partial charge in [-0.05, 0) is 40.5 Å². The molecule has 0 aromatic rings. The number of esters is 9. The minimum Gasteiger partial charge on any atom is -0.463 e. The lowest BCUT2D eigenvalue weighted by molar-refractivity contribution is -0.279. The van der Waals surface area contributed by atoms with Gasteiger partial charge in [0.2, 0.25) is 41.4 Å². The van der Waals surface area contributed by atoms with Gasteiger partial charge in [0.05, 0.1) is 157 Å². The Balaban J connectivity index is 1.74. The standard InChI is InChI=1S/C85H141N10O42P/c1-51(2)95(52(3)4)138(127-26-21-86)128-47-43-120-39-38-119-37-36-118-35-34-117-33-32-116-31-30-112-25-20-71(109)94-65(82(111)90-24-29-115-42-46-123-85-74(92-54(6)97)80(134-63(15)106)77(131-60(12)103)68(137-85)50-126-57(9)100)17-19-70(108)93-64(81(110)89-23-28-114-40-44-121-83-72(87)78(132-61(13)104)75(129-58(10)101)66(135-83)48-124-55(7)98)16-18-69(107)88-22-27-113-41-45-122-84-73(91-53(5)96)79(133-62(14)105)76(130-59(11)102)67(136-84)49-125-56(8)99/h51-52,64-68,72-80,83-85H,16-20,22-50,87H2,1-15H3,(H,88,107)(H,89,110)(H,90,111)(H,91,96)(H,92,97)(H,93,108)(H,94,109). The fourth-order valence-electron chi connectivity index (χ4n) is 13.4. The van der Waals surface area contributed by atoms with Crippen LogP contribution < -0.4 is 43.0 Å². The summed E-state index contributed by atoms with van der Waals surface area (Å²) >= 11 is 0. The molecular formula is C85H141N10O42P. The summed E-state index contributed by atoms with van der Waals surface area (Å²) in [5.74, 6) is -11.9. The second kappa shape index (κ2) is 71.2. The van der Waals surface area contributed by atoms with Gasteiger partial charge in [0, 0.05) is 127 Å². The van der Waals surface area contributed by atoms with Crippen LogP contribution in [0, 0.1) is 11.3 Å². The molecule has 0 aliphatic carbocycles. The number of carbonyl (C=O) groups is 16. The number of nitriles is 1. The molecule has 138 heavy (non-hydrogen) atoms. The van der Waals surface area contributed by atoms with E-state index in [9.17, 15) is 76.7 Å². The van der Waals surface area contributed by atoms with Crippen LogP contribution in [0.4, 0.5) is 0 Å². The molecule has 3 aliphatic rings. The summed E-state index contributed by atoms with van der Waals surface area (Å²) in [6, 6.07) is -4.37. The van der Waals surface area contributed by atoms with Gasteiger partial charge in [0.1, 0.15) is 68.9 Å². The van der Waals surface area contributed by atoms with E-state index in [4.69, 9.17) is 134 Å². The predicted octanol–water partition coefficient (Wildman–Crippen LogP) is -2.85. The smallest absolute Gasteiger partial charge is 0.303 e. The van der Waals surface area contributed by atoms with Crippen LogP contribution in [0.5, 0.6) is 0 Å². The third kappa shape index (κ3) is 53.3. The summed E-state index contributed by atoms with van der Waals surface area (Å²) in [5, 5.41) is 27.3. The molecular weight excluding hydrogens is 1860 g/mol. The second-order valence-electron chi connectivity index (χ2n) is 31.2. The van der Waals surface area contributed by atoms with Crippen molar-refractivity contribution in [1.29, 1.82) is 5.26 Å². The quantitative estimate of drug-likeness (QED) is 0.0131. The van der Waals surface area contributed by atoms with E-state index in [2.05, 4.69) is 41.9 Å². The van der Waals surface area contributed by atoms with Crippen molar-refractivity contribution in [3.05, 3.63) is 0 Å². The molecule has 18 atom stereocenters. The van der Waals surface area contributed by atoms with Crippen molar-refractivity contribution < 1.29 is 199 Å². The second-order valence-corrected chi connectivity index (χ2v) is 32.7. The number of amides is 7. The molecule has 0 aromatic carbocycles. The molecule has 3 aliphatic heterocycles. The molecule has 9 N–H and O–H groups in total. The molecule has 0 spiro atoms. The first-order chi connectivity index (χ1) is 65.7. The van der Waals surface area contributed by atoms with E-state index < -0.39 is 234 Å². The Morgan fingerprint density at radius 3 is 0.993 bits per heavy atom. The monoisotopic (exact) mass is 2000 g/mol. The fourth-order valence-corrected chi connectivity index (χ4v) is 14.9. The lowest BCUT2D eigenvalue weighted by Gasteiger charge is -2.44. The average molecular weight is 2010 g/mol. The molecule has 3 heterocycles. The Kier molecular flexibility index (Phi) is 63.3. The molecule has 3 rings (SSSR count). The van der Waals surface area contributed by atoms with Crippen molar-refractivity contribution in [2.75, 3.05) is 191 Å². The Labute approximate surface area is 802 Å². The molecule has 3 saturated heterocycles. The molecule has 7 amide bonds. The van der Waals surface area contributed by atoms with Gasteiger partial charge < -0.3 is 166 Å². The molecule has 0 radical (unpaired) electrons. The van der Waals surface area contributed by atoms with Crippen LogP contribution in [0.25, 0.3) is 0 Å². The number of rotatable bonds is 72. The van der Waals surface area contributed by atoms with E-state index in [-0.39, 0.29) is 170 Å². The van der Waals surface area contributed by atoms with Crippen LogP contribution in [0.3, 0.4) is 0 Å². The van der Waals surface area contributed by atoms with Gasteiger partial charge in [-0.1, -0.05) is 0 Å². The third-order valence-electron chi connectivity index (χ3n) is 19.0. The lowest BCUT2D eigenvalue weighted by atomic mass is 9.96. The van der Waals surface area contributed by atoms with Gasteiger partial charge in [-0.25, -0.2) is 4.67 Å². The van der Waals surface area contributed by atoms with Crippen LogP contribution in [0.2, 0.25) is 0 Å². The number of nitrogens with zero attached hydrogens (tertiary/aromatic N) is 2. The molecule has 788 valence electrons. The van der Waals surface area contributed by atoms with E-state index in [0.29, 0.717) is 39.6 Å². The van der Waals surface area contributed by atoms with Gasteiger partial charge in [-0.15, -0.1) is 0 Å². The Morgan fingerprint density at radius 1 is 0.348 bits per heavy atom. The van der Waals surface area contributed by atoms with E-state index >= 15 is 0 Å². The predicted molar refractivity (Wildman–Crippen MR) is 470 cm³/mol. The van der Waals surface area contributed by atoms with Crippen molar-refractivity contribution in [3.8, 4) is 6.07 Å². The number of hydrogen-bond donors (Lipinski definition) is 8. The van der Waals surface area contributed by atoms with Gasteiger partial charge in [0.15, 0.2) is 55.5 Å². The first kappa shape index (κ1) is 123. The minimum absolute atomic E-state index is 0.0598. The highest BCUT2D eigenvalue weighted by Gasteiger charge is 2.54. The summed E-state index contributed by atoms with van der Waals surface area (Å²) in [4.78, 5) is 203. The largest absolute Gasteiger partial charge is 0.463 e. The van der Waals surface area contributed by atoms with Gasteiger partial charge >= 0.3 is 53.7 Å². The molecule has 53 heteroatoms. The van der Waals surface area contributed by atoms with Crippen molar-refractivity contribution >= 4 is 104 Å². The highest BCUT2D eigenvalue weighted by Crippen LogP contribution is 2.45. The number of nitrogens with two attached hydrogens (primary N) is 1.